The first kappa shape index (κ1) is 18.1. The first-order chi connectivity index (χ1) is 11.4. The minimum atomic E-state index is -0.549. The normalized spacial score (nSPS) is 20.8. The number of anilines is 1. The van der Waals surface area contributed by atoms with Crippen LogP contribution in [0.5, 0.6) is 5.75 Å². The highest BCUT2D eigenvalue weighted by atomic mass is 16.6. The molecule has 1 aromatic rings. The summed E-state index contributed by atoms with van der Waals surface area (Å²) in [7, 11) is 1.41. The second kappa shape index (κ2) is 8.04. The number of nitrogens with one attached hydrogen (secondary N) is 1. The first-order valence-corrected chi connectivity index (χ1v) is 7.59. The summed E-state index contributed by atoms with van der Waals surface area (Å²) in [4.78, 5) is 24.3. The SMILES string of the molecule is COc1ccc([N+](=O)[O-])cc1NC(=O)CCN1CC(O)CC1CO. The molecule has 2 atom stereocenters. The van der Waals surface area contributed by atoms with Gasteiger partial charge in [-0.1, -0.05) is 0 Å². The van der Waals surface area contributed by atoms with Crippen molar-refractivity contribution in [1.29, 1.82) is 0 Å². The van der Waals surface area contributed by atoms with Gasteiger partial charge in [0.25, 0.3) is 5.69 Å². The number of aliphatic hydroxyl groups is 2. The molecule has 0 spiro atoms. The van der Waals surface area contributed by atoms with Gasteiger partial charge in [0, 0.05) is 37.7 Å². The molecule has 1 fully saturated rings. The average Bonchev–Trinajstić information content (AvgIpc) is 2.92. The number of hydrogen-bond acceptors (Lipinski definition) is 7. The Bertz CT molecular complexity index is 609. The number of rotatable bonds is 7. The number of nitrogens with zero attached hydrogens (tertiary/aromatic N) is 2. The van der Waals surface area contributed by atoms with Gasteiger partial charge in [0.1, 0.15) is 5.75 Å². The molecule has 0 aromatic heterocycles. The van der Waals surface area contributed by atoms with Gasteiger partial charge in [-0.3, -0.25) is 19.8 Å². The van der Waals surface area contributed by atoms with Gasteiger partial charge >= 0.3 is 0 Å². The van der Waals surface area contributed by atoms with Crippen molar-refractivity contribution in [2.24, 2.45) is 0 Å². The Morgan fingerprint density at radius 3 is 2.92 bits per heavy atom. The van der Waals surface area contributed by atoms with E-state index in [2.05, 4.69) is 5.32 Å². The maximum Gasteiger partial charge on any atom is 0.271 e. The predicted molar refractivity (Wildman–Crippen MR) is 86.0 cm³/mol. The number of carbonyl (C=O) groups is 1. The summed E-state index contributed by atoms with van der Waals surface area (Å²) >= 11 is 0. The lowest BCUT2D eigenvalue weighted by Crippen LogP contribution is -2.35. The van der Waals surface area contributed by atoms with Gasteiger partial charge in [0.2, 0.25) is 5.91 Å². The van der Waals surface area contributed by atoms with E-state index in [0.717, 1.165) is 0 Å². The molecule has 1 amide bonds. The number of methoxy groups -OCH3 is 1. The summed E-state index contributed by atoms with van der Waals surface area (Å²) in [6.45, 7) is 0.724. The second-order valence-corrected chi connectivity index (χ2v) is 5.66. The Hall–Kier alpha value is -2.23. The molecule has 0 bridgehead atoms. The maximum absolute atomic E-state index is 12.1. The van der Waals surface area contributed by atoms with Gasteiger partial charge in [-0.05, 0) is 12.5 Å². The van der Waals surface area contributed by atoms with E-state index in [-0.39, 0.29) is 36.4 Å². The largest absolute Gasteiger partial charge is 0.495 e. The number of benzene rings is 1. The van der Waals surface area contributed by atoms with Gasteiger partial charge in [-0.2, -0.15) is 0 Å². The lowest BCUT2D eigenvalue weighted by molar-refractivity contribution is -0.384. The predicted octanol–water partition coefficient (Wildman–Crippen LogP) is 0.359. The van der Waals surface area contributed by atoms with E-state index in [1.807, 2.05) is 4.90 Å². The first-order valence-electron chi connectivity index (χ1n) is 7.59. The van der Waals surface area contributed by atoms with Crippen LogP contribution in [0.1, 0.15) is 12.8 Å². The fraction of sp³-hybridized carbons (Fsp3) is 0.533. The quantitative estimate of drug-likeness (QED) is 0.484. The molecular formula is C15H21N3O6. The third kappa shape index (κ3) is 4.40. The molecule has 3 N–H and O–H groups in total. The Labute approximate surface area is 139 Å². The number of aliphatic hydroxyl groups excluding tert-OH is 2. The standard InChI is InChI=1S/C15H21N3O6/c1-24-14-3-2-10(18(22)23)7-13(14)16-15(21)4-5-17-8-12(20)6-11(17)9-19/h2-3,7,11-12,19-20H,4-6,8-9H2,1H3,(H,16,21). The van der Waals surface area contributed by atoms with Crippen LogP contribution in [0.2, 0.25) is 0 Å². The fourth-order valence-corrected chi connectivity index (χ4v) is 2.79. The molecule has 2 unspecified atom stereocenters. The molecule has 1 aliphatic heterocycles. The van der Waals surface area contributed by atoms with Gasteiger partial charge in [-0.15, -0.1) is 0 Å². The summed E-state index contributed by atoms with van der Waals surface area (Å²) in [5.41, 5.74) is 0.0889. The number of amides is 1. The molecule has 0 aliphatic carbocycles. The van der Waals surface area contributed by atoms with E-state index in [9.17, 15) is 25.1 Å². The molecular weight excluding hydrogens is 318 g/mol. The zero-order valence-corrected chi connectivity index (χ0v) is 13.3. The highest BCUT2D eigenvalue weighted by molar-refractivity contribution is 5.92. The molecule has 0 saturated carbocycles. The Kier molecular flexibility index (Phi) is 6.07. The summed E-state index contributed by atoms with van der Waals surface area (Å²) in [5, 5.41) is 32.3. The number of nitro benzene ring substituents is 1. The molecule has 1 heterocycles. The van der Waals surface area contributed by atoms with Crippen LogP contribution in [0.3, 0.4) is 0 Å². The fourth-order valence-electron chi connectivity index (χ4n) is 2.79. The van der Waals surface area contributed by atoms with Crippen LogP contribution in [0.25, 0.3) is 0 Å². The minimum absolute atomic E-state index is 0.0720. The van der Waals surface area contributed by atoms with Crippen LogP contribution in [0.15, 0.2) is 18.2 Å². The summed E-state index contributed by atoms with van der Waals surface area (Å²) in [6, 6.07) is 3.81. The van der Waals surface area contributed by atoms with Crippen molar-refractivity contribution in [2.45, 2.75) is 25.0 Å². The molecule has 0 radical (unpaired) electrons. The van der Waals surface area contributed by atoms with E-state index in [1.165, 1.54) is 25.3 Å². The Morgan fingerprint density at radius 2 is 2.29 bits per heavy atom. The molecule has 9 nitrogen and oxygen atoms in total. The van der Waals surface area contributed by atoms with Crippen LogP contribution < -0.4 is 10.1 Å². The lowest BCUT2D eigenvalue weighted by atomic mass is 10.2. The van der Waals surface area contributed by atoms with Gasteiger partial charge < -0.3 is 20.3 Å². The topological polar surface area (TPSA) is 125 Å². The molecule has 24 heavy (non-hydrogen) atoms. The van der Waals surface area contributed by atoms with Crippen LogP contribution in [0, 0.1) is 10.1 Å². The number of ether oxygens (including phenoxy) is 1. The lowest BCUT2D eigenvalue weighted by Gasteiger charge is -2.21. The van der Waals surface area contributed by atoms with E-state index in [0.29, 0.717) is 25.3 Å². The van der Waals surface area contributed by atoms with E-state index in [4.69, 9.17) is 4.74 Å². The van der Waals surface area contributed by atoms with Gasteiger partial charge in [0.15, 0.2) is 0 Å². The monoisotopic (exact) mass is 339 g/mol. The van der Waals surface area contributed by atoms with Crippen molar-refractivity contribution in [3.63, 3.8) is 0 Å². The summed E-state index contributed by atoms with van der Waals surface area (Å²) < 4.78 is 5.09. The Morgan fingerprint density at radius 1 is 1.54 bits per heavy atom. The van der Waals surface area contributed by atoms with Gasteiger partial charge in [-0.25, -0.2) is 0 Å². The third-order valence-electron chi connectivity index (χ3n) is 4.01. The van der Waals surface area contributed by atoms with E-state index >= 15 is 0 Å². The Balaban J connectivity index is 1.97. The van der Waals surface area contributed by atoms with Crippen LogP contribution in [-0.4, -0.2) is 64.9 Å². The third-order valence-corrected chi connectivity index (χ3v) is 4.01. The summed E-state index contributed by atoms with van der Waals surface area (Å²) in [5.74, 6) is 0.00524. The number of non-ortho nitro benzene ring substituents is 1. The maximum atomic E-state index is 12.1. The average molecular weight is 339 g/mol. The van der Waals surface area contributed by atoms with Crippen molar-refractivity contribution < 1.29 is 24.7 Å². The zero-order valence-electron chi connectivity index (χ0n) is 13.3. The molecule has 132 valence electrons. The highest BCUT2D eigenvalue weighted by Gasteiger charge is 2.30. The van der Waals surface area contributed by atoms with E-state index < -0.39 is 11.0 Å². The number of hydrogen-bond donors (Lipinski definition) is 3. The molecule has 1 aliphatic rings. The molecule has 1 saturated heterocycles. The number of likely N-dealkylation sites (tertiary alicyclic amines) is 1. The highest BCUT2D eigenvalue weighted by Crippen LogP contribution is 2.29. The van der Waals surface area contributed by atoms with Crippen LogP contribution in [-0.2, 0) is 4.79 Å². The van der Waals surface area contributed by atoms with Crippen molar-refractivity contribution in [2.75, 3.05) is 32.1 Å². The second-order valence-electron chi connectivity index (χ2n) is 5.66. The van der Waals surface area contributed by atoms with Gasteiger partial charge in [0.05, 0.1) is 30.4 Å². The minimum Gasteiger partial charge on any atom is -0.495 e. The smallest absolute Gasteiger partial charge is 0.271 e. The van der Waals surface area contributed by atoms with Crippen LogP contribution >= 0.6 is 0 Å². The van der Waals surface area contributed by atoms with E-state index in [1.54, 1.807) is 0 Å². The van der Waals surface area contributed by atoms with Crippen molar-refractivity contribution in [3.05, 3.63) is 28.3 Å². The molecule has 1 aromatic carbocycles. The number of β-amino-alcohol motifs (C(OH)–C–C–N with tert-alkyl or cyclic N) is 1. The summed E-state index contributed by atoms with van der Waals surface area (Å²) in [6.07, 6.45) is 0.119. The molecule has 2 rings (SSSR count). The van der Waals surface area contributed by atoms with Crippen molar-refractivity contribution in [3.8, 4) is 5.75 Å². The van der Waals surface area contributed by atoms with Crippen LogP contribution in [0.4, 0.5) is 11.4 Å². The molecule has 9 heteroatoms. The number of nitro groups is 1. The zero-order chi connectivity index (χ0) is 17.7. The number of carbonyl (C=O) groups excluding carboxylic acids is 1. The van der Waals surface area contributed by atoms with Crippen molar-refractivity contribution >= 4 is 17.3 Å². The van der Waals surface area contributed by atoms with Crippen molar-refractivity contribution in [1.82, 2.24) is 4.90 Å².